The van der Waals surface area contributed by atoms with Crippen LogP contribution in [0.3, 0.4) is 0 Å². The van der Waals surface area contributed by atoms with Crippen molar-refractivity contribution in [3.8, 4) is 0 Å². The smallest absolute Gasteiger partial charge is 0.144 e. The van der Waals surface area contributed by atoms with Crippen LogP contribution in [0.1, 0.15) is 12.5 Å². The molecule has 1 N–H and O–H groups in total. The summed E-state index contributed by atoms with van der Waals surface area (Å²) in [7, 11) is 0. The number of hydrogen-bond acceptors (Lipinski definition) is 3. The number of hydrogen-bond donors (Lipinski definition) is 1. The number of carbonyl (C=O) groups is 1. The Morgan fingerprint density at radius 3 is 3.00 bits per heavy atom. The van der Waals surface area contributed by atoms with Crippen molar-refractivity contribution in [3.63, 3.8) is 0 Å². The molecule has 1 aromatic carbocycles. The number of rotatable bonds is 5. The van der Waals surface area contributed by atoms with E-state index in [1.54, 1.807) is 12.1 Å². The number of halogens is 2. The molecule has 2 unspecified atom stereocenters. The van der Waals surface area contributed by atoms with E-state index in [9.17, 15) is 9.18 Å². The van der Waals surface area contributed by atoms with Gasteiger partial charge in [0, 0.05) is 16.9 Å². The molecule has 0 saturated carbocycles. The molecule has 0 amide bonds. The van der Waals surface area contributed by atoms with Crippen LogP contribution in [0.2, 0.25) is 0 Å². The molecular weight excluding hydrogens is 313 g/mol. The van der Waals surface area contributed by atoms with Crippen molar-refractivity contribution < 1.29 is 13.9 Å². The summed E-state index contributed by atoms with van der Waals surface area (Å²) >= 11 is 3.20. The summed E-state index contributed by atoms with van der Waals surface area (Å²) in [6, 6.07) is 4.83. The molecule has 1 saturated heterocycles. The van der Waals surface area contributed by atoms with Crippen LogP contribution in [0.4, 0.5) is 4.39 Å². The molecule has 3 nitrogen and oxygen atoms in total. The third-order valence-electron chi connectivity index (χ3n) is 3.34. The van der Waals surface area contributed by atoms with Gasteiger partial charge in [-0.15, -0.1) is 0 Å². The highest BCUT2D eigenvalue weighted by atomic mass is 79.9. The molecule has 1 fully saturated rings. The zero-order valence-electron chi connectivity index (χ0n) is 10.8. The third-order valence-corrected chi connectivity index (χ3v) is 3.83. The van der Waals surface area contributed by atoms with Gasteiger partial charge in [-0.2, -0.15) is 0 Å². The van der Waals surface area contributed by atoms with Gasteiger partial charge in [0.25, 0.3) is 0 Å². The van der Waals surface area contributed by atoms with E-state index in [0.717, 1.165) is 6.54 Å². The van der Waals surface area contributed by atoms with E-state index in [4.69, 9.17) is 4.74 Å². The first-order valence-corrected chi connectivity index (χ1v) is 7.19. The van der Waals surface area contributed by atoms with Crippen molar-refractivity contribution in [1.82, 2.24) is 5.32 Å². The van der Waals surface area contributed by atoms with E-state index in [2.05, 4.69) is 21.2 Å². The zero-order chi connectivity index (χ0) is 13.8. The molecule has 1 aromatic rings. The van der Waals surface area contributed by atoms with Crippen LogP contribution in [0.15, 0.2) is 22.7 Å². The standard InChI is InChI=1S/C14H17BrFNO2/c1-2-17-13-8-19-7-11(13)14(18)5-9-3-4-10(15)6-12(9)16/h3-4,6,11,13,17H,2,5,7-8H2,1H3. The molecule has 0 bridgehead atoms. The van der Waals surface area contributed by atoms with Crippen LogP contribution >= 0.6 is 15.9 Å². The topological polar surface area (TPSA) is 38.3 Å². The van der Waals surface area contributed by atoms with Gasteiger partial charge in [-0.05, 0) is 24.2 Å². The average molecular weight is 330 g/mol. The van der Waals surface area contributed by atoms with Gasteiger partial charge in [0.15, 0.2) is 0 Å². The van der Waals surface area contributed by atoms with Crippen molar-refractivity contribution in [2.45, 2.75) is 19.4 Å². The Kier molecular flexibility index (Phi) is 5.07. The second-order valence-electron chi connectivity index (χ2n) is 4.69. The minimum absolute atomic E-state index is 0.0321. The highest BCUT2D eigenvalue weighted by Crippen LogP contribution is 2.20. The summed E-state index contributed by atoms with van der Waals surface area (Å²) in [6.45, 7) is 3.76. The second-order valence-corrected chi connectivity index (χ2v) is 5.60. The predicted octanol–water partition coefficient (Wildman–Crippen LogP) is 2.32. The van der Waals surface area contributed by atoms with Crippen LogP contribution < -0.4 is 5.32 Å². The minimum atomic E-state index is -0.346. The summed E-state index contributed by atoms with van der Waals surface area (Å²) in [6.07, 6.45) is 0.120. The van der Waals surface area contributed by atoms with Crippen LogP contribution in [0.5, 0.6) is 0 Å². The Morgan fingerprint density at radius 1 is 1.53 bits per heavy atom. The van der Waals surface area contributed by atoms with Gasteiger partial charge in [-0.3, -0.25) is 4.79 Å². The number of Topliss-reactive ketones (excluding diaryl/α,β-unsaturated/α-hetero) is 1. The minimum Gasteiger partial charge on any atom is -0.379 e. The molecule has 0 aliphatic carbocycles. The maximum atomic E-state index is 13.7. The average Bonchev–Trinajstić information content (AvgIpc) is 2.81. The molecular formula is C14H17BrFNO2. The van der Waals surface area contributed by atoms with Crippen LogP contribution in [-0.2, 0) is 16.0 Å². The second kappa shape index (κ2) is 6.59. The van der Waals surface area contributed by atoms with Gasteiger partial charge in [0.1, 0.15) is 11.6 Å². The van der Waals surface area contributed by atoms with Crippen molar-refractivity contribution in [1.29, 1.82) is 0 Å². The SMILES string of the molecule is CCNC1COCC1C(=O)Cc1ccc(Br)cc1F. The lowest BCUT2D eigenvalue weighted by molar-refractivity contribution is -0.122. The van der Waals surface area contributed by atoms with Gasteiger partial charge in [-0.25, -0.2) is 4.39 Å². The molecule has 1 heterocycles. The molecule has 104 valence electrons. The molecule has 5 heteroatoms. The zero-order valence-corrected chi connectivity index (χ0v) is 12.4. The fourth-order valence-electron chi connectivity index (χ4n) is 2.32. The number of benzene rings is 1. The van der Waals surface area contributed by atoms with E-state index >= 15 is 0 Å². The Morgan fingerprint density at radius 2 is 2.32 bits per heavy atom. The number of carbonyl (C=O) groups excluding carboxylic acids is 1. The quantitative estimate of drug-likeness (QED) is 0.901. The number of ketones is 1. The summed E-state index contributed by atoms with van der Waals surface area (Å²) in [4.78, 5) is 12.2. The first-order chi connectivity index (χ1) is 9.11. The fraction of sp³-hybridized carbons (Fsp3) is 0.500. The van der Waals surface area contributed by atoms with Crippen molar-refractivity contribution >= 4 is 21.7 Å². The van der Waals surface area contributed by atoms with E-state index in [1.807, 2.05) is 6.92 Å². The van der Waals surface area contributed by atoms with Gasteiger partial charge in [0.2, 0.25) is 0 Å². The summed E-state index contributed by atoms with van der Waals surface area (Å²) in [5.41, 5.74) is 0.440. The Labute approximate surface area is 120 Å². The Balaban J connectivity index is 2.04. The Hall–Kier alpha value is -0.780. The van der Waals surface area contributed by atoms with Gasteiger partial charge >= 0.3 is 0 Å². The predicted molar refractivity (Wildman–Crippen MR) is 74.6 cm³/mol. The third kappa shape index (κ3) is 3.61. The molecule has 2 rings (SSSR count). The van der Waals surface area contributed by atoms with Gasteiger partial charge in [0.05, 0.1) is 19.1 Å². The largest absolute Gasteiger partial charge is 0.379 e. The summed E-state index contributed by atoms with van der Waals surface area (Å²) in [5, 5.41) is 3.24. The molecule has 0 spiro atoms. The molecule has 2 atom stereocenters. The van der Waals surface area contributed by atoms with E-state index in [-0.39, 0.29) is 30.0 Å². The van der Waals surface area contributed by atoms with E-state index in [1.165, 1.54) is 6.07 Å². The van der Waals surface area contributed by atoms with Crippen molar-refractivity contribution in [2.24, 2.45) is 5.92 Å². The first-order valence-electron chi connectivity index (χ1n) is 6.39. The molecule has 0 aromatic heterocycles. The Bertz CT molecular complexity index is 467. The maximum absolute atomic E-state index is 13.7. The molecule has 1 aliphatic heterocycles. The summed E-state index contributed by atoms with van der Waals surface area (Å²) in [5.74, 6) is -0.491. The number of ether oxygens (including phenoxy) is 1. The number of nitrogens with one attached hydrogen (secondary N) is 1. The normalized spacial score (nSPS) is 22.7. The maximum Gasteiger partial charge on any atom is 0.144 e. The lowest BCUT2D eigenvalue weighted by Crippen LogP contribution is -2.39. The lowest BCUT2D eigenvalue weighted by Gasteiger charge is -2.17. The van der Waals surface area contributed by atoms with Gasteiger partial charge < -0.3 is 10.1 Å². The highest BCUT2D eigenvalue weighted by Gasteiger charge is 2.33. The number of likely N-dealkylation sites (N-methyl/N-ethyl adjacent to an activating group) is 1. The fourth-order valence-corrected chi connectivity index (χ4v) is 2.65. The first kappa shape index (κ1) is 14.6. The van der Waals surface area contributed by atoms with E-state index in [0.29, 0.717) is 23.2 Å². The molecule has 1 aliphatic rings. The molecule has 0 radical (unpaired) electrons. The lowest BCUT2D eigenvalue weighted by atomic mass is 9.93. The van der Waals surface area contributed by atoms with Crippen LogP contribution in [0, 0.1) is 11.7 Å². The van der Waals surface area contributed by atoms with Crippen LogP contribution in [-0.4, -0.2) is 31.6 Å². The van der Waals surface area contributed by atoms with E-state index < -0.39 is 0 Å². The van der Waals surface area contributed by atoms with Crippen molar-refractivity contribution in [2.75, 3.05) is 19.8 Å². The highest BCUT2D eigenvalue weighted by molar-refractivity contribution is 9.10. The summed E-state index contributed by atoms with van der Waals surface area (Å²) < 4.78 is 19.7. The van der Waals surface area contributed by atoms with Gasteiger partial charge in [-0.1, -0.05) is 28.9 Å². The molecule has 19 heavy (non-hydrogen) atoms. The van der Waals surface area contributed by atoms with Crippen molar-refractivity contribution in [3.05, 3.63) is 34.1 Å². The monoisotopic (exact) mass is 329 g/mol. The van der Waals surface area contributed by atoms with Crippen LogP contribution in [0.25, 0.3) is 0 Å².